The maximum atomic E-state index is 13.5. The summed E-state index contributed by atoms with van der Waals surface area (Å²) < 4.78 is 8.19. The Labute approximate surface area is 193 Å². The maximum absolute atomic E-state index is 13.5. The second kappa shape index (κ2) is 8.92. The van der Waals surface area contributed by atoms with Crippen LogP contribution in [0.25, 0.3) is 0 Å². The number of hydrogen-bond acceptors (Lipinski definition) is 6. The molecule has 31 heavy (non-hydrogen) atoms. The monoisotopic (exact) mass is 501 g/mol. The molecule has 162 valence electrons. The highest BCUT2D eigenvalue weighted by molar-refractivity contribution is 9.10. The Morgan fingerprint density at radius 3 is 2.81 bits per heavy atom. The van der Waals surface area contributed by atoms with E-state index in [2.05, 4.69) is 43.6 Å². The number of furan rings is 1. The van der Waals surface area contributed by atoms with Crippen molar-refractivity contribution in [1.29, 1.82) is 0 Å². The van der Waals surface area contributed by atoms with Crippen LogP contribution in [0.3, 0.4) is 0 Å². The average molecular weight is 502 g/mol. The molecule has 0 saturated carbocycles. The third-order valence-electron chi connectivity index (χ3n) is 5.23. The molecular formula is C22H24BrN5O2S. The van der Waals surface area contributed by atoms with Gasteiger partial charge in [0.15, 0.2) is 4.67 Å². The van der Waals surface area contributed by atoms with Crippen LogP contribution in [0.5, 0.6) is 0 Å². The Kier molecular flexibility index (Phi) is 6.24. The van der Waals surface area contributed by atoms with E-state index in [1.54, 1.807) is 16.4 Å². The largest absolute Gasteiger partial charge is 0.452 e. The van der Waals surface area contributed by atoms with Gasteiger partial charge < -0.3 is 15.1 Å². The molecule has 0 fully saturated rings. The standard InChI is InChI=1S/C22H24BrN5O2S/c1-5-11-31-22-26-21-24-14(4)18(19(28(21)27-22)16-9-10-17(23)30-16)20(29)25-15-8-6-7-12(2)13(15)3/h6-10,19H,5,11H2,1-4H3,(H,25,29)(H,24,26,27). The summed E-state index contributed by atoms with van der Waals surface area (Å²) in [5.41, 5.74) is 4.19. The fourth-order valence-electron chi connectivity index (χ4n) is 3.49. The van der Waals surface area contributed by atoms with Crippen molar-refractivity contribution in [2.24, 2.45) is 0 Å². The molecule has 3 heterocycles. The molecule has 1 atom stereocenters. The zero-order valence-electron chi connectivity index (χ0n) is 17.8. The lowest BCUT2D eigenvalue weighted by molar-refractivity contribution is -0.113. The van der Waals surface area contributed by atoms with E-state index in [1.165, 1.54) is 0 Å². The van der Waals surface area contributed by atoms with Crippen LogP contribution >= 0.6 is 27.7 Å². The van der Waals surface area contributed by atoms with Gasteiger partial charge >= 0.3 is 0 Å². The molecule has 2 N–H and O–H groups in total. The van der Waals surface area contributed by atoms with Crippen molar-refractivity contribution in [3.05, 3.63) is 63.2 Å². The van der Waals surface area contributed by atoms with Crippen LogP contribution in [-0.4, -0.2) is 26.4 Å². The number of thioether (sulfide) groups is 1. The first-order valence-electron chi connectivity index (χ1n) is 10.1. The van der Waals surface area contributed by atoms with Crippen molar-refractivity contribution < 1.29 is 9.21 Å². The molecule has 1 aliphatic rings. The van der Waals surface area contributed by atoms with Crippen LogP contribution in [0.15, 0.2) is 55.8 Å². The molecule has 2 aromatic heterocycles. The van der Waals surface area contributed by atoms with Crippen LogP contribution in [0.2, 0.25) is 0 Å². The Balaban J connectivity index is 1.75. The molecule has 9 heteroatoms. The molecule has 1 unspecified atom stereocenters. The Morgan fingerprint density at radius 1 is 1.29 bits per heavy atom. The first-order valence-corrected chi connectivity index (χ1v) is 11.9. The highest BCUT2D eigenvalue weighted by Gasteiger charge is 2.36. The van der Waals surface area contributed by atoms with E-state index in [0.717, 1.165) is 29.0 Å². The van der Waals surface area contributed by atoms with E-state index in [0.29, 0.717) is 32.8 Å². The van der Waals surface area contributed by atoms with Gasteiger partial charge in [0.05, 0.1) is 5.57 Å². The van der Waals surface area contributed by atoms with E-state index in [-0.39, 0.29) is 5.91 Å². The number of hydrogen-bond donors (Lipinski definition) is 2. The molecular weight excluding hydrogens is 478 g/mol. The smallest absolute Gasteiger partial charge is 0.256 e. The first-order chi connectivity index (χ1) is 14.9. The summed E-state index contributed by atoms with van der Waals surface area (Å²) in [4.78, 5) is 18.1. The van der Waals surface area contributed by atoms with Crippen molar-refractivity contribution in [3.63, 3.8) is 0 Å². The summed E-state index contributed by atoms with van der Waals surface area (Å²) in [7, 11) is 0. The number of aryl methyl sites for hydroxylation is 1. The predicted molar refractivity (Wildman–Crippen MR) is 126 cm³/mol. The van der Waals surface area contributed by atoms with Crippen LogP contribution in [0.1, 0.15) is 43.2 Å². The summed E-state index contributed by atoms with van der Waals surface area (Å²) in [5.74, 6) is 1.92. The molecule has 1 amide bonds. The van der Waals surface area contributed by atoms with E-state index in [1.807, 2.05) is 51.1 Å². The number of carbonyl (C=O) groups excluding carboxylic acids is 1. The lowest BCUT2D eigenvalue weighted by Gasteiger charge is -2.27. The summed E-state index contributed by atoms with van der Waals surface area (Å²) in [5, 5.41) is 11.7. The summed E-state index contributed by atoms with van der Waals surface area (Å²) in [6.45, 7) is 8.02. The molecule has 4 rings (SSSR count). The SMILES string of the molecule is CCCSc1nc2n(n1)C(c1ccc(Br)o1)C(C(=O)Nc1cccc(C)c1C)=C(C)N2. The van der Waals surface area contributed by atoms with Gasteiger partial charge in [0.25, 0.3) is 5.91 Å². The molecule has 3 aromatic rings. The molecule has 0 saturated heterocycles. The minimum atomic E-state index is -0.531. The lowest BCUT2D eigenvalue weighted by Crippen LogP contribution is -2.31. The molecule has 0 radical (unpaired) electrons. The third kappa shape index (κ3) is 4.29. The van der Waals surface area contributed by atoms with Crippen LogP contribution < -0.4 is 10.6 Å². The maximum Gasteiger partial charge on any atom is 0.256 e. The minimum Gasteiger partial charge on any atom is -0.452 e. The van der Waals surface area contributed by atoms with Gasteiger partial charge in [-0.25, -0.2) is 4.68 Å². The number of aromatic nitrogens is 3. The highest BCUT2D eigenvalue weighted by atomic mass is 79.9. The first kappa shape index (κ1) is 21.7. The molecule has 1 aromatic carbocycles. The molecule has 0 aliphatic carbocycles. The number of amides is 1. The third-order valence-corrected chi connectivity index (χ3v) is 6.70. The molecule has 7 nitrogen and oxygen atoms in total. The zero-order chi connectivity index (χ0) is 22.1. The van der Waals surface area contributed by atoms with Gasteiger partial charge in [0.2, 0.25) is 11.1 Å². The van der Waals surface area contributed by atoms with Crippen molar-refractivity contribution in [2.45, 2.75) is 45.3 Å². The van der Waals surface area contributed by atoms with E-state index in [9.17, 15) is 4.79 Å². The number of nitrogens with one attached hydrogen (secondary N) is 2. The Hall–Kier alpha value is -2.52. The van der Waals surface area contributed by atoms with Crippen molar-refractivity contribution >= 4 is 45.2 Å². The normalized spacial score (nSPS) is 15.6. The van der Waals surface area contributed by atoms with Gasteiger partial charge in [-0.05, 0) is 72.4 Å². The average Bonchev–Trinajstić information content (AvgIpc) is 3.34. The molecule has 0 bridgehead atoms. The molecule has 1 aliphatic heterocycles. The van der Waals surface area contributed by atoms with Gasteiger partial charge in [0, 0.05) is 17.1 Å². The second-order valence-electron chi connectivity index (χ2n) is 7.42. The number of benzene rings is 1. The lowest BCUT2D eigenvalue weighted by atomic mass is 9.99. The van der Waals surface area contributed by atoms with E-state index >= 15 is 0 Å². The number of fused-ring (bicyclic) bond motifs is 1. The van der Waals surface area contributed by atoms with Gasteiger partial charge in [0.1, 0.15) is 11.8 Å². The fraction of sp³-hybridized carbons (Fsp3) is 0.318. The van der Waals surface area contributed by atoms with Crippen molar-refractivity contribution in [3.8, 4) is 0 Å². The molecule has 0 spiro atoms. The zero-order valence-corrected chi connectivity index (χ0v) is 20.2. The van der Waals surface area contributed by atoms with Gasteiger partial charge in [-0.3, -0.25) is 4.79 Å². The van der Waals surface area contributed by atoms with E-state index < -0.39 is 6.04 Å². The topological polar surface area (TPSA) is 85.0 Å². The second-order valence-corrected chi connectivity index (χ2v) is 9.26. The Morgan fingerprint density at radius 2 is 2.10 bits per heavy atom. The fourth-order valence-corrected chi connectivity index (χ4v) is 4.50. The number of anilines is 2. The van der Waals surface area contributed by atoms with Gasteiger partial charge in [-0.1, -0.05) is 30.8 Å². The summed E-state index contributed by atoms with van der Waals surface area (Å²) in [6.07, 6.45) is 1.03. The van der Waals surface area contributed by atoms with Crippen molar-refractivity contribution in [1.82, 2.24) is 14.8 Å². The summed E-state index contributed by atoms with van der Waals surface area (Å²) in [6, 6.07) is 9.00. The van der Waals surface area contributed by atoms with Gasteiger partial charge in [-0.15, -0.1) is 5.10 Å². The van der Waals surface area contributed by atoms with Crippen LogP contribution in [0, 0.1) is 13.8 Å². The van der Waals surface area contributed by atoms with Crippen LogP contribution in [0.4, 0.5) is 11.6 Å². The minimum absolute atomic E-state index is 0.208. The number of carbonyl (C=O) groups is 1. The number of nitrogens with zero attached hydrogens (tertiary/aromatic N) is 3. The number of allylic oxidation sites excluding steroid dienone is 1. The predicted octanol–water partition coefficient (Wildman–Crippen LogP) is 5.68. The Bertz CT molecular complexity index is 1170. The van der Waals surface area contributed by atoms with Crippen molar-refractivity contribution in [2.75, 3.05) is 16.4 Å². The number of rotatable bonds is 6. The van der Waals surface area contributed by atoms with Crippen LogP contribution in [-0.2, 0) is 4.79 Å². The summed E-state index contributed by atoms with van der Waals surface area (Å²) >= 11 is 4.96. The van der Waals surface area contributed by atoms with Gasteiger partial charge in [-0.2, -0.15) is 4.98 Å². The number of halogens is 1. The van der Waals surface area contributed by atoms with E-state index in [4.69, 9.17) is 4.42 Å². The quantitative estimate of drug-likeness (QED) is 0.422. The highest BCUT2D eigenvalue weighted by Crippen LogP contribution is 2.38.